The fourth-order valence-corrected chi connectivity index (χ4v) is 3.40. The van der Waals surface area contributed by atoms with E-state index < -0.39 is 5.97 Å². The molecule has 8 heteroatoms. The minimum atomic E-state index is -0.769. The maximum atomic E-state index is 12.9. The highest BCUT2D eigenvalue weighted by Crippen LogP contribution is 2.32. The van der Waals surface area contributed by atoms with Gasteiger partial charge in [0.25, 0.3) is 5.91 Å². The fraction of sp³-hybridized carbons (Fsp3) is 0.526. The van der Waals surface area contributed by atoms with Crippen LogP contribution in [-0.2, 0) is 14.3 Å². The van der Waals surface area contributed by atoms with E-state index in [1.165, 1.54) is 5.01 Å². The molecule has 1 aliphatic carbocycles. The summed E-state index contributed by atoms with van der Waals surface area (Å²) in [6.45, 7) is 2.23. The molecule has 1 aromatic heterocycles. The first-order chi connectivity index (χ1) is 12.9. The summed E-state index contributed by atoms with van der Waals surface area (Å²) in [5, 5.41) is 15.0. The highest BCUT2D eigenvalue weighted by molar-refractivity contribution is 6.24. The molecule has 0 atom stereocenters. The molecule has 2 heterocycles. The number of carbonyl (C=O) groups is 2. The lowest BCUT2D eigenvalue weighted by atomic mass is 9.86. The smallest absolute Gasteiger partial charge is 0.306 e. The molecular weight excluding hydrogens is 350 g/mol. The highest BCUT2D eigenvalue weighted by atomic mass is 16.5. The second-order valence-electron chi connectivity index (χ2n) is 6.96. The van der Waals surface area contributed by atoms with E-state index in [2.05, 4.69) is 5.10 Å². The number of carboxylic acid groups (broad SMARTS) is 1. The maximum absolute atomic E-state index is 12.9. The van der Waals surface area contributed by atoms with Crippen molar-refractivity contribution < 1.29 is 23.8 Å². The van der Waals surface area contributed by atoms with Crippen molar-refractivity contribution in [3.63, 3.8) is 0 Å². The summed E-state index contributed by atoms with van der Waals surface area (Å²) in [7, 11) is 3.75. The van der Waals surface area contributed by atoms with E-state index in [4.69, 9.17) is 14.3 Å². The summed E-state index contributed by atoms with van der Waals surface area (Å²) in [5.41, 5.74) is 0.358. The lowest BCUT2D eigenvalue weighted by Crippen LogP contribution is -2.37. The number of nitrogens with zero attached hydrogens (tertiary/aromatic N) is 3. The number of hydrazone groups is 1. The molecular formula is C19H25N3O5. The standard InChI is InChI=1S/C19H25N3O5/c1-4-26-17-15(11-14-9-10-16(27-14)21(2)3)18(23)22(20-17)13-7-5-12(6-8-13)19(24)25/h9-13H,4-8H2,1-3H3,(H,24,25). The summed E-state index contributed by atoms with van der Waals surface area (Å²) >= 11 is 0. The number of hydrogen-bond donors (Lipinski definition) is 1. The Morgan fingerprint density at radius 2 is 2.07 bits per heavy atom. The molecule has 3 rings (SSSR count). The summed E-state index contributed by atoms with van der Waals surface area (Å²) in [5.74, 6) is 0.175. The number of rotatable bonds is 5. The predicted octanol–water partition coefficient (Wildman–Crippen LogP) is 2.56. The molecule has 27 heavy (non-hydrogen) atoms. The largest absolute Gasteiger partial charge is 0.481 e. The van der Waals surface area contributed by atoms with Crippen LogP contribution in [0.25, 0.3) is 6.08 Å². The van der Waals surface area contributed by atoms with Crippen LogP contribution in [0.3, 0.4) is 0 Å². The van der Waals surface area contributed by atoms with Gasteiger partial charge in [-0.2, -0.15) is 0 Å². The Morgan fingerprint density at radius 1 is 1.37 bits per heavy atom. The summed E-state index contributed by atoms with van der Waals surface area (Å²) in [4.78, 5) is 25.9. The van der Waals surface area contributed by atoms with Crippen LogP contribution in [0.2, 0.25) is 0 Å². The summed E-state index contributed by atoms with van der Waals surface area (Å²) in [6.07, 6.45) is 3.97. The van der Waals surface area contributed by atoms with Crippen molar-refractivity contribution in [2.75, 3.05) is 25.6 Å². The Morgan fingerprint density at radius 3 is 2.63 bits per heavy atom. The van der Waals surface area contributed by atoms with Gasteiger partial charge in [-0.25, -0.2) is 5.01 Å². The van der Waals surface area contributed by atoms with Crippen LogP contribution in [0.15, 0.2) is 27.2 Å². The van der Waals surface area contributed by atoms with E-state index in [9.17, 15) is 9.59 Å². The number of furan rings is 1. The van der Waals surface area contributed by atoms with Gasteiger partial charge in [0.1, 0.15) is 11.3 Å². The van der Waals surface area contributed by atoms with Crippen molar-refractivity contribution in [1.82, 2.24) is 5.01 Å². The predicted molar refractivity (Wildman–Crippen MR) is 100 cm³/mol. The number of carboxylic acids is 1. The number of amides is 1. The molecule has 0 bridgehead atoms. The van der Waals surface area contributed by atoms with Crippen molar-refractivity contribution in [3.05, 3.63) is 23.5 Å². The van der Waals surface area contributed by atoms with Crippen molar-refractivity contribution >= 4 is 29.7 Å². The molecule has 0 spiro atoms. The van der Waals surface area contributed by atoms with Gasteiger partial charge in [0, 0.05) is 20.2 Å². The minimum absolute atomic E-state index is 0.108. The zero-order valence-corrected chi connectivity index (χ0v) is 15.8. The van der Waals surface area contributed by atoms with Crippen molar-refractivity contribution in [1.29, 1.82) is 0 Å². The molecule has 8 nitrogen and oxygen atoms in total. The number of ether oxygens (including phenoxy) is 1. The van der Waals surface area contributed by atoms with E-state index in [1.54, 1.807) is 12.1 Å². The topological polar surface area (TPSA) is 95.6 Å². The van der Waals surface area contributed by atoms with Gasteiger partial charge in [-0.05, 0) is 44.7 Å². The highest BCUT2D eigenvalue weighted by Gasteiger charge is 2.38. The molecule has 0 aromatic carbocycles. The van der Waals surface area contributed by atoms with Gasteiger partial charge >= 0.3 is 5.97 Å². The van der Waals surface area contributed by atoms with Gasteiger partial charge in [0.2, 0.25) is 5.90 Å². The van der Waals surface area contributed by atoms with E-state index in [0.29, 0.717) is 49.5 Å². The summed E-state index contributed by atoms with van der Waals surface area (Å²) in [6, 6.07) is 3.51. The average molecular weight is 375 g/mol. The Hall–Kier alpha value is -2.77. The average Bonchev–Trinajstić information content (AvgIpc) is 3.23. The van der Waals surface area contributed by atoms with Crippen molar-refractivity contribution in [2.45, 2.75) is 38.6 Å². The lowest BCUT2D eigenvalue weighted by molar-refractivity contribution is -0.143. The zero-order chi connectivity index (χ0) is 19.6. The monoisotopic (exact) mass is 375 g/mol. The Balaban J connectivity index is 1.79. The van der Waals surface area contributed by atoms with Gasteiger partial charge in [0.15, 0.2) is 5.88 Å². The molecule has 146 valence electrons. The van der Waals surface area contributed by atoms with Crippen LogP contribution in [-0.4, -0.2) is 54.6 Å². The normalized spacial score (nSPS) is 24.3. The quantitative estimate of drug-likeness (QED) is 0.795. The Labute approximate surface area is 158 Å². The third kappa shape index (κ3) is 3.99. The fourth-order valence-electron chi connectivity index (χ4n) is 3.40. The van der Waals surface area contributed by atoms with E-state index in [0.717, 1.165) is 0 Å². The van der Waals surface area contributed by atoms with Crippen molar-refractivity contribution in [2.24, 2.45) is 11.0 Å². The first-order valence-electron chi connectivity index (χ1n) is 9.17. The Bertz CT molecular complexity index is 772. The van der Waals surface area contributed by atoms with Crippen LogP contribution in [0.5, 0.6) is 0 Å². The number of carbonyl (C=O) groups excluding carboxylic acids is 1. The number of anilines is 1. The van der Waals surface area contributed by atoms with Gasteiger partial charge in [-0.15, -0.1) is 5.10 Å². The minimum Gasteiger partial charge on any atom is -0.481 e. The van der Waals surface area contributed by atoms with Gasteiger partial charge < -0.3 is 19.2 Å². The van der Waals surface area contributed by atoms with Crippen LogP contribution in [0.4, 0.5) is 5.88 Å². The SMILES string of the molecule is CCOC1=NN(C2CCC(C(=O)O)CC2)C(=O)C1=Cc1ccc(N(C)C)o1. The molecule has 1 aliphatic heterocycles. The van der Waals surface area contributed by atoms with Crippen LogP contribution in [0, 0.1) is 5.92 Å². The molecule has 1 amide bonds. The van der Waals surface area contributed by atoms with E-state index in [-0.39, 0.29) is 23.8 Å². The molecule has 2 aliphatic rings. The van der Waals surface area contributed by atoms with Crippen LogP contribution in [0.1, 0.15) is 38.4 Å². The lowest BCUT2D eigenvalue weighted by Gasteiger charge is -2.30. The molecule has 1 saturated carbocycles. The molecule has 0 radical (unpaired) electrons. The molecule has 1 aromatic rings. The maximum Gasteiger partial charge on any atom is 0.306 e. The molecule has 1 fully saturated rings. The molecule has 0 saturated heterocycles. The summed E-state index contributed by atoms with van der Waals surface area (Å²) < 4.78 is 11.3. The number of hydrogen-bond acceptors (Lipinski definition) is 6. The first-order valence-corrected chi connectivity index (χ1v) is 9.17. The van der Waals surface area contributed by atoms with Crippen LogP contribution < -0.4 is 4.90 Å². The van der Waals surface area contributed by atoms with Crippen LogP contribution >= 0.6 is 0 Å². The zero-order valence-electron chi connectivity index (χ0n) is 15.8. The third-order valence-corrected chi connectivity index (χ3v) is 4.88. The second-order valence-corrected chi connectivity index (χ2v) is 6.96. The Kier molecular flexibility index (Phi) is 5.53. The number of aliphatic carboxylic acids is 1. The van der Waals surface area contributed by atoms with Gasteiger partial charge in [-0.1, -0.05) is 0 Å². The molecule has 1 N–H and O–H groups in total. The van der Waals surface area contributed by atoms with E-state index in [1.807, 2.05) is 32.0 Å². The second kappa shape index (κ2) is 7.85. The van der Waals surface area contributed by atoms with Crippen molar-refractivity contribution in [3.8, 4) is 0 Å². The van der Waals surface area contributed by atoms with E-state index >= 15 is 0 Å². The van der Waals surface area contributed by atoms with Gasteiger partial charge in [-0.3, -0.25) is 9.59 Å². The van der Waals surface area contributed by atoms with Gasteiger partial charge in [0.05, 0.1) is 18.6 Å². The first kappa shape index (κ1) is 19.0. The molecule has 0 unspecified atom stereocenters. The third-order valence-electron chi connectivity index (χ3n) is 4.88.